The van der Waals surface area contributed by atoms with E-state index >= 15 is 0 Å². The van der Waals surface area contributed by atoms with Gasteiger partial charge < -0.3 is 0 Å². The van der Waals surface area contributed by atoms with Gasteiger partial charge in [0.2, 0.25) is 0 Å². The molecular formula is C16H10F19NO3S. The van der Waals surface area contributed by atoms with Crippen LogP contribution in [0.1, 0.15) is 6.92 Å². The minimum absolute atomic E-state index is 0.791. The lowest BCUT2D eigenvalue weighted by Gasteiger charge is -2.44. The smallest absolute Gasteiger partial charge is 0.281 e. The summed E-state index contributed by atoms with van der Waals surface area (Å²) in [6, 6.07) is 5.72. The number of alkyl halides is 19. The molecule has 1 N–H and O–H groups in total. The van der Waals surface area contributed by atoms with Gasteiger partial charge in [-0.15, -0.1) is 0 Å². The molecular weight excluding hydrogens is 647 g/mol. The number of rotatable bonds is 10. The molecule has 0 amide bonds. The second kappa shape index (κ2) is 10.5. The largest absolute Gasteiger partial charge is 0.438 e. The van der Waals surface area contributed by atoms with Crippen LogP contribution in [0.25, 0.3) is 0 Å². The Kier molecular flexibility index (Phi) is 9.93. The third-order valence-electron chi connectivity index (χ3n) is 4.54. The lowest BCUT2D eigenvalue weighted by molar-refractivity contribution is -0.460. The molecule has 1 aromatic heterocycles. The Hall–Kier alpha value is -2.27. The lowest BCUT2D eigenvalue weighted by Crippen LogP contribution is -2.76. The Balaban J connectivity index is 0.00000221. The van der Waals surface area contributed by atoms with E-state index in [0.29, 0.717) is 0 Å². The van der Waals surface area contributed by atoms with Gasteiger partial charge in [0.05, 0.1) is 0 Å². The van der Waals surface area contributed by atoms with Crippen molar-refractivity contribution in [2.24, 2.45) is 0 Å². The predicted molar refractivity (Wildman–Crippen MR) is 90.9 cm³/mol. The van der Waals surface area contributed by atoms with Crippen molar-refractivity contribution in [1.29, 1.82) is 0 Å². The number of halogens is 19. The van der Waals surface area contributed by atoms with Crippen LogP contribution >= 0.6 is 0 Å². The maximum absolute atomic E-state index is 13.4. The molecule has 1 rings (SSSR count). The number of pyridine rings is 1. The molecule has 1 heterocycles. The molecule has 1 atom stereocenters. The van der Waals surface area contributed by atoms with Gasteiger partial charge in [0.25, 0.3) is 0 Å². The summed E-state index contributed by atoms with van der Waals surface area (Å²) >= 11 is 0. The first kappa shape index (κ1) is 37.7. The highest BCUT2D eigenvalue weighted by atomic mass is 32.2. The van der Waals surface area contributed by atoms with Crippen molar-refractivity contribution in [2.45, 2.75) is 65.7 Å². The van der Waals surface area contributed by atoms with Gasteiger partial charge >= 0.3 is 62.8 Å². The highest BCUT2D eigenvalue weighted by molar-refractivity contribution is 7.87. The summed E-state index contributed by atoms with van der Waals surface area (Å²) in [5.74, 6) is -68.8. The summed E-state index contributed by atoms with van der Waals surface area (Å²) in [6.45, 7) is -0.791. The molecule has 0 aliphatic heterocycles. The van der Waals surface area contributed by atoms with E-state index < -0.39 is 75.8 Å². The second-order valence-corrected chi connectivity index (χ2v) is 8.74. The summed E-state index contributed by atoms with van der Waals surface area (Å²) in [4.78, 5) is 3.78. The van der Waals surface area contributed by atoms with Gasteiger partial charge in [0.1, 0.15) is 0 Å². The number of nitrogens with zero attached hydrogens (tertiary/aromatic N) is 1. The standard InChI is InChI=1S/C11H5F19O3S.C5H5N/c1-2(12)3(13,14)4(15,16)5(17,18)6(19,20)7(21,22)8(23,24)9(25,26)10(27,28)11(29,30)34(31,32)33;1-2-4-6-5-3-1/h2H,1H3,(H,31,32,33);1-5H. The fraction of sp³-hybridized carbons (Fsp3) is 0.688. The van der Waals surface area contributed by atoms with Gasteiger partial charge in [-0.2, -0.15) is 87.4 Å². The van der Waals surface area contributed by atoms with Crippen LogP contribution in [0.15, 0.2) is 30.6 Å². The minimum atomic E-state index is -9.12. The summed E-state index contributed by atoms with van der Waals surface area (Å²) in [5.41, 5.74) is 0. The zero-order valence-electron chi connectivity index (χ0n) is 18.3. The highest BCUT2D eigenvalue weighted by Gasteiger charge is 2.97. The number of aromatic nitrogens is 1. The molecule has 40 heavy (non-hydrogen) atoms. The normalized spacial score (nSPS) is 16.2. The van der Waals surface area contributed by atoms with Crippen LogP contribution in [0.4, 0.5) is 83.4 Å². The predicted octanol–water partition coefficient (Wildman–Crippen LogP) is 6.99. The van der Waals surface area contributed by atoms with Crippen LogP contribution in [-0.2, 0) is 10.1 Å². The lowest BCUT2D eigenvalue weighted by atomic mass is 9.87. The van der Waals surface area contributed by atoms with Gasteiger partial charge in [0.15, 0.2) is 6.17 Å². The Morgan fingerprint density at radius 1 is 0.550 bits per heavy atom. The monoisotopic (exact) mass is 657 g/mol. The van der Waals surface area contributed by atoms with E-state index in [0.717, 1.165) is 0 Å². The zero-order valence-corrected chi connectivity index (χ0v) is 19.1. The van der Waals surface area contributed by atoms with Crippen LogP contribution in [0, 0.1) is 0 Å². The van der Waals surface area contributed by atoms with Crippen molar-refractivity contribution in [3.05, 3.63) is 30.6 Å². The molecule has 0 aliphatic carbocycles. The molecule has 0 saturated carbocycles. The van der Waals surface area contributed by atoms with E-state index in [9.17, 15) is 91.8 Å². The molecule has 0 fully saturated rings. The van der Waals surface area contributed by atoms with Crippen LogP contribution in [0.2, 0.25) is 0 Å². The SMILES string of the molecule is CC(F)C(F)(F)C(F)(F)C(F)(F)C(F)(F)C(F)(F)C(F)(F)C(F)(F)C(F)(F)C(F)(F)S(=O)(=O)O.c1ccncc1. The summed E-state index contributed by atoms with van der Waals surface area (Å²) in [6.07, 6.45) is -1.17. The van der Waals surface area contributed by atoms with Crippen molar-refractivity contribution in [3.8, 4) is 0 Å². The summed E-state index contributed by atoms with van der Waals surface area (Å²) in [5, 5.41) is -7.96. The molecule has 4 nitrogen and oxygen atoms in total. The maximum Gasteiger partial charge on any atom is 0.438 e. The molecule has 0 spiro atoms. The fourth-order valence-electron chi connectivity index (χ4n) is 2.10. The van der Waals surface area contributed by atoms with Gasteiger partial charge in [0, 0.05) is 12.4 Å². The molecule has 1 unspecified atom stereocenters. The first-order valence-electron chi connectivity index (χ1n) is 9.06. The third kappa shape index (κ3) is 5.24. The number of hydrogen-bond donors (Lipinski definition) is 1. The van der Waals surface area contributed by atoms with Crippen LogP contribution < -0.4 is 0 Å². The quantitative estimate of drug-likeness (QED) is 0.218. The second-order valence-electron chi connectivity index (χ2n) is 7.28. The summed E-state index contributed by atoms with van der Waals surface area (Å²) in [7, 11) is -8.00. The molecule has 0 bridgehead atoms. The van der Waals surface area contributed by atoms with Crippen molar-refractivity contribution in [1.82, 2.24) is 4.98 Å². The van der Waals surface area contributed by atoms with E-state index in [1.807, 2.05) is 18.2 Å². The third-order valence-corrected chi connectivity index (χ3v) is 5.44. The molecule has 0 aliphatic rings. The first-order chi connectivity index (χ1) is 17.2. The Bertz CT molecular complexity index is 1080. The Labute approximate surface area is 208 Å². The van der Waals surface area contributed by atoms with Crippen molar-refractivity contribution in [3.63, 3.8) is 0 Å². The Morgan fingerprint density at radius 2 is 0.825 bits per heavy atom. The van der Waals surface area contributed by atoms with E-state index in [4.69, 9.17) is 4.55 Å². The van der Waals surface area contributed by atoms with E-state index in [2.05, 4.69) is 4.98 Å². The van der Waals surface area contributed by atoms with E-state index in [1.54, 1.807) is 12.4 Å². The number of hydrogen-bond acceptors (Lipinski definition) is 3. The Morgan fingerprint density at radius 3 is 1.02 bits per heavy atom. The molecule has 236 valence electrons. The molecule has 0 saturated heterocycles. The molecule has 0 radical (unpaired) electrons. The average Bonchev–Trinajstić information content (AvgIpc) is 2.78. The van der Waals surface area contributed by atoms with E-state index in [-0.39, 0.29) is 0 Å². The van der Waals surface area contributed by atoms with Gasteiger partial charge in [-0.05, 0) is 19.1 Å². The maximum atomic E-state index is 13.4. The van der Waals surface area contributed by atoms with Gasteiger partial charge in [-0.3, -0.25) is 9.54 Å². The van der Waals surface area contributed by atoms with E-state index in [1.165, 1.54) is 0 Å². The topological polar surface area (TPSA) is 67.3 Å². The minimum Gasteiger partial charge on any atom is -0.281 e. The highest BCUT2D eigenvalue weighted by Crippen LogP contribution is 2.65. The molecule has 24 heteroatoms. The molecule has 1 aromatic rings. The van der Waals surface area contributed by atoms with Gasteiger partial charge in [-0.1, -0.05) is 6.07 Å². The fourth-order valence-corrected chi connectivity index (χ4v) is 2.55. The van der Waals surface area contributed by atoms with Crippen LogP contribution in [0.3, 0.4) is 0 Å². The van der Waals surface area contributed by atoms with Crippen molar-refractivity contribution < 1.29 is 96.4 Å². The van der Waals surface area contributed by atoms with Crippen LogP contribution in [0.5, 0.6) is 0 Å². The van der Waals surface area contributed by atoms with Crippen LogP contribution in [-0.4, -0.2) is 76.8 Å². The van der Waals surface area contributed by atoms with Gasteiger partial charge in [-0.25, -0.2) is 4.39 Å². The first-order valence-corrected chi connectivity index (χ1v) is 10.5. The molecule has 0 aromatic carbocycles. The summed E-state index contributed by atoms with van der Waals surface area (Å²) < 4.78 is 278. The zero-order chi connectivity index (χ0) is 32.8. The van der Waals surface area contributed by atoms with Crippen molar-refractivity contribution in [2.75, 3.05) is 0 Å². The average molecular weight is 657 g/mol. The van der Waals surface area contributed by atoms with Crippen molar-refractivity contribution >= 4 is 10.1 Å².